The third kappa shape index (κ3) is 6.91. The van der Waals surface area contributed by atoms with E-state index in [1.807, 2.05) is 19.1 Å². The Morgan fingerprint density at radius 1 is 1.11 bits per heavy atom. The van der Waals surface area contributed by atoms with Gasteiger partial charge in [-0.05, 0) is 79.2 Å². The third-order valence-corrected chi connectivity index (χ3v) is 13.6. The van der Waals surface area contributed by atoms with Crippen LogP contribution in [0, 0.1) is 34.5 Å². The smallest absolute Gasteiger partial charge is 0.341 e. The molecule has 288 valence electrons. The molecule has 2 aliphatic carbocycles. The molecule has 6 atom stereocenters. The number of aromatic amines is 1. The maximum absolute atomic E-state index is 13.5. The first kappa shape index (κ1) is 36.7. The summed E-state index contributed by atoms with van der Waals surface area (Å²) in [6, 6.07) is 6.84. The molecule has 1 aromatic heterocycles. The van der Waals surface area contributed by atoms with Crippen LogP contribution in [0.5, 0.6) is 0 Å². The predicted molar refractivity (Wildman–Crippen MR) is 203 cm³/mol. The molecule has 1 aromatic carbocycles. The summed E-state index contributed by atoms with van der Waals surface area (Å²) in [4.78, 5) is 51.5. The number of carbonyl (C=O) groups is 3. The van der Waals surface area contributed by atoms with E-state index in [1.165, 1.54) is 0 Å². The quantitative estimate of drug-likeness (QED) is 0.114. The highest BCUT2D eigenvalue weighted by Crippen LogP contribution is 2.62. The van der Waals surface area contributed by atoms with E-state index >= 15 is 0 Å². The van der Waals surface area contributed by atoms with E-state index in [9.17, 15) is 24.6 Å². The Morgan fingerprint density at radius 2 is 1.83 bits per heavy atom. The van der Waals surface area contributed by atoms with E-state index < -0.39 is 23.5 Å². The lowest BCUT2D eigenvalue weighted by Crippen LogP contribution is -2.71. The zero-order chi connectivity index (χ0) is 37.8. The van der Waals surface area contributed by atoms with Crippen LogP contribution in [0.15, 0.2) is 66.2 Å². The van der Waals surface area contributed by atoms with Crippen molar-refractivity contribution in [2.75, 3.05) is 50.1 Å². The first-order valence-electron chi connectivity index (χ1n) is 19.4. The Bertz CT molecular complexity index is 1810. The van der Waals surface area contributed by atoms with Crippen molar-refractivity contribution < 1.29 is 29.3 Å². The number of amides is 2. The number of esters is 1. The van der Waals surface area contributed by atoms with Gasteiger partial charge in [0, 0.05) is 67.6 Å². The van der Waals surface area contributed by atoms with E-state index in [4.69, 9.17) is 4.74 Å². The van der Waals surface area contributed by atoms with Gasteiger partial charge in [-0.15, -0.1) is 0 Å². The normalized spacial score (nSPS) is 36.7. The maximum Gasteiger partial charge on any atom is 0.341 e. The number of hydrogen-bond donors (Lipinski definition) is 6. The SMILES string of the molecule is C=C1CCC2[C@](C)(CC[C@@H](O)[C@@]2(C)CO)C1CC(Nc1ncc[nH]1)C1=CC(=Cc2ccc(NC(=O)CC(=O)NC3C4CN5CC3CN(C4)C5)cc2)OC1=O. The Hall–Kier alpha value is -4.30. The van der Waals surface area contributed by atoms with Crippen molar-refractivity contribution in [3.63, 3.8) is 0 Å². The Labute approximate surface area is 316 Å². The molecule has 4 bridgehead atoms. The summed E-state index contributed by atoms with van der Waals surface area (Å²) in [5.74, 6) is 0.803. The van der Waals surface area contributed by atoms with Crippen molar-refractivity contribution in [3.8, 4) is 0 Å². The second-order valence-corrected chi connectivity index (χ2v) is 17.1. The molecule has 13 heteroatoms. The zero-order valence-electron chi connectivity index (χ0n) is 31.2. The number of cyclic esters (lactones) is 1. The average Bonchev–Trinajstić information content (AvgIpc) is 3.78. The Balaban J connectivity index is 0.933. The molecule has 54 heavy (non-hydrogen) atoms. The number of H-pyrrole nitrogens is 1. The van der Waals surface area contributed by atoms with Gasteiger partial charge < -0.3 is 35.9 Å². The molecule has 0 radical (unpaired) electrons. The van der Waals surface area contributed by atoms with Crippen molar-refractivity contribution in [2.45, 2.75) is 70.6 Å². The topological polar surface area (TPSA) is 172 Å². The number of piperidine rings is 2. The number of benzene rings is 1. The first-order valence-corrected chi connectivity index (χ1v) is 19.4. The van der Waals surface area contributed by atoms with Gasteiger partial charge in [0.05, 0.1) is 31.0 Å². The fraction of sp³-hybridized carbons (Fsp3) is 0.561. The van der Waals surface area contributed by atoms with Gasteiger partial charge in [-0.3, -0.25) is 19.4 Å². The lowest BCUT2D eigenvalue weighted by molar-refractivity contribution is -0.152. The Morgan fingerprint density at radius 3 is 2.50 bits per heavy atom. The summed E-state index contributed by atoms with van der Waals surface area (Å²) in [6.07, 6.45) is 9.70. The molecular formula is C41H53N7O6. The molecule has 13 nitrogen and oxygen atoms in total. The van der Waals surface area contributed by atoms with Crippen molar-refractivity contribution in [2.24, 2.45) is 34.5 Å². The maximum atomic E-state index is 13.5. The summed E-state index contributed by atoms with van der Waals surface area (Å²) in [7, 11) is 0. The molecule has 3 unspecified atom stereocenters. The number of imidazole rings is 1. The molecule has 9 rings (SSSR count). The molecule has 2 amide bonds. The number of nitrogens with zero attached hydrogens (tertiary/aromatic N) is 3. The van der Waals surface area contributed by atoms with Gasteiger partial charge in [0.25, 0.3) is 0 Å². The molecule has 6 heterocycles. The number of ether oxygens (including phenoxy) is 1. The molecule has 5 aliphatic heterocycles. The van der Waals surface area contributed by atoms with Crippen molar-refractivity contribution in [1.82, 2.24) is 25.1 Å². The lowest BCUT2D eigenvalue weighted by Gasteiger charge is -2.60. The highest BCUT2D eigenvalue weighted by molar-refractivity contribution is 6.03. The minimum absolute atomic E-state index is 0.0199. The molecule has 6 N–H and O–H groups in total. The molecule has 6 fully saturated rings. The first-order chi connectivity index (χ1) is 25.9. The number of fused-ring (bicyclic) bond motifs is 1. The van der Waals surface area contributed by atoms with Crippen molar-refractivity contribution in [3.05, 3.63) is 71.8 Å². The van der Waals surface area contributed by atoms with Crippen molar-refractivity contribution >= 4 is 35.5 Å². The second kappa shape index (κ2) is 14.4. The fourth-order valence-corrected chi connectivity index (χ4v) is 11.0. The van der Waals surface area contributed by atoms with E-state index in [2.05, 4.69) is 49.2 Å². The molecule has 2 aromatic rings. The summed E-state index contributed by atoms with van der Waals surface area (Å²) in [5, 5.41) is 30.9. The summed E-state index contributed by atoms with van der Waals surface area (Å²) < 4.78 is 5.78. The number of carbonyl (C=O) groups excluding carboxylic acids is 3. The van der Waals surface area contributed by atoms with Crippen LogP contribution in [0.4, 0.5) is 11.6 Å². The van der Waals surface area contributed by atoms with Crippen LogP contribution in [0.25, 0.3) is 6.08 Å². The van der Waals surface area contributed by atoms with Gasteiger partial charge in [-0.1, -0.05) is 38.1 Å². The van der Waals surface area contributed by atoms with Crippen LogP contribution in [-0.2, 0) is 19.1 Å². The van der Waals surface area contributed by atoms with Gasteiger partial charge in [0.1, 0.15) is 12.2 Å². The number of anilines is 2. The number of hydrogen-bond acceptors (Lipinski definition) is 10. The van der Waals surface area contributed by atoms with E-state index in [1.54, 1.807) is 36.7 Å². The van der Waals surface area contributed by atoms with Crippen LogP contribution in [0.3, 0.4) is 0 Å². The highest BCUT2D eigenvalue weighted by Gasteiger charge is 2.58. The van der Waals surface area contributed by atoms with Gasteiger partial charge in [-0.25, -0.2) is 9.78 Å². The van der Waals surface area contributed by atoms with Gasteiger partial charge in [0.2, 0.25) is 17.8 Å². The minimum Gasteiger partial charge on any atom is -0.423 e. The fourth-order valence-electron chi connectivity index (χ4n) is 11.0. The number of rotatable bonds is 11. The monoisotopic (exact) mass is 739 g/mol. The van der Waals surface area contributed by atoms with Crippen LogP contribution >= 0.6 is 0 Å². The van der Waals surface area contributed by atoms with Crippen LogP contribution in [0.2, 0.25) is 0 Å². The Kier molecular flexibility index (Phi) is 9.78. The van der Waals surface area contributed by atoms with Crippen molar-refractivity contribution in [1.29, 1.82) is 0 Å². The van der Waals surface area contributed by atoms with E-state index in [0.717, 1.165) is 63.2 Å². The van der Waals surface area contributed by atoms with Crippen LogP contribution < -0.4 is 16.0 Å². The zero-order valence-corrected chi connectivity index (χ0v) is 31.2. The largest absolute Gasteiger partial charge is 0.423 e. The molecule has 0 spiro atoms. The number of aromatic nitrogens is 2. The molecular weight excluding hydrogens is 686 g/mol. The average molecular weight is 740 g/mol. The van der Waals surface area contributed by atoms with Crippen LogP contribution in [0.1, 0.15) is 57.9 Å². The van der Waals surface area contributed by atoms with Gasteiger partial charge >= 0.3 is 5.97 Å². The van der Waals surface area contributed by atoms with Gasteiger partial charge in [0.15, 0.2) is 0 Å². The molecule has 7 aliphatic rings. The summed E-state index contributed by atoms with van der Waals surface area (Å²) >= 11 is 0. The number of aliphatic hydroxyl groups excluding tert-OH is 2. The third-order valence-electron chi connectivity index (χ3n) is 13.6. The lowest BCUT2D eigenvalue weighted by atomic mass is 9.46. The second-order valence-electron chi connectivity index (χ2n) is 17.1. The standard InChI is InChI=1S/C41H53N7O6/c1-24-4-9-33-40(2,11-10-34(50)41(33,3)22-49)31(24)16-32(45-39-42-12-13-43-39)30-15-29(54-38(30)53)14-25-5-7-28(8-6-25)44-35(51)17-36(52)46-37-26-18-47-20-27(37)21-48(19-26)23-47/h5-8,12-15,26-27,31-34,37,49-50H,1,4,9-11,16-23H2,2-3H3,(H,44,51)(H,46,52)(H2,42,43,45)/t26?,27?,31?,32?,33?,34-,37?,40-,41+/m1/s1. The van der Waals surface area contributed by atoms with Gasteiger partial charge in [-0.2, -0.15) is 0 Å². The minimum atomic E-state index is -0.615. The summed E-state index contributed by atoms with van der Waals surface area (Å²) in [6.45, 7) is 13.7. The van der Waals surface area contributed by atoms with E-state index in [-0.39, 0.29) is 48.1 Å². The summed E-state index contributed by atoms with van der Waals surface area (Å²) in [5.41, 5.74) is 2.09. The highest BCUT2D eigenvalue weighted by atomic mass is 16.5. The number of nitrogens with one attached hydrogen (secondary N) is 4. The molecule has 4 saturated heterocycles. The predicted octanol–water partition coefficient (Wildman–Crippen LogP) is 3.49. The van der Waals surface area contributed by atoms with E-state index in [0.29, 0.717) is 47.6 Å². The number of aliphatic hydroxyl groups is 2. The molecule has 2 saturated carbocycles. The van der Waals surface area contributed by atoms with Crippen LogP contribution in [-0.4, -0.2) is 105 Å². The number of allylic oxidation sites excluding steroid dienone is 2.